The molecule has 1 saturated carbocycles. The van der Waals surface area contributed by atoms with Gasteiger partial charge in [-0.2, -0.15) is 0 Å². The molecule has 2 unspecified atom stereocenters. The maximum absolute atomic E-state index is 13.1. The van der Waals surface area contributed by atoms with Crippen molar-refractivity contribution in [2.45, 2.75) is 44.6 Å². The van der Waals surface area contributed by atoms with Gasteiger partial charge in [0, 0.05) is 12.2 Å². The van der Waals surface area contributed by atoms with E-state index < -0.39 is 0 Å². The highest BCUT2D eigenvalue weighted by molar-refractivity contribution is 5.16. The number of hydrogen-bond donors (Lipinski definition) is 1. The number of pyridine rings is 1. The van der Waals surface area contributed by atoms with Crippen molar-refractivity contribution in [1.29, 1.82) is 0 Å². The predicted octanol–water partition coefficient (Wildman–Crippen LogP) is 2.86. The van der Waals surface area contributed by atoms with Crippen LogP contribution in [0.15, 0.2) is 18.5 Å². The molecule has 0 bridgehead atoms. The summed E-state index contributed by atoms with van der Waals surface area (Å²) in [7, 11) is 0. The van der Waals surface area contributed by atoms with Crippen molar-refractivity contribution in [3.05, 3.63) is 29.8 Å². The fraction of sp³-hybridized carbons (Fsp3) is 0.615. The monoisotopic (exact) mass is 222 g/mol. The minimum atomic E-state index is -0.219. The van der Waals surface area contributed by atoms with Crippen molar-refractivity contribution in [3.63, 3.8) is 0 Å². The Morgan fingerprint density at radius 2 is 2.31 bits per heavy atom. The van der Waals surface area contributed by atoms with Crippen LogP contribution in [0.2, 0.25) is 0 Å². The number of nitrogens with one attached hydrogen (secondary N) is 1. The van der Waals surface area contributed by atoms with Gasteiger partial charge in [-0.3, -0.25) is 4.98 Å². The second-order valence-electron chi connectivity index (χ2n) is 4.55. The molecule has 3 heteroatoms. The highest BCUT2D eigenvalue weighted by Crippen LogP contribution is 2.32. The van der Waals surface area contributed by atoms with Crippen LogP contribution in [-0.2, 0) is 0 Å². The molecule has 1 aliphatic rings. The predicted molar refractivity (Wildman–Crippen MR) is 62.9 cm³/mol. The summed E-state index contributed by atoms with van der Waals surface area (Å²) in [6.07, 6.45) is 7.81. The molecule has 0 spiro atoms. The Balaban J connectivity index is 2.03. The van der Waals surface area contributed by atoms with Crippen LogP contribution >= 0.6 is 0 Å². The Hall–Kier alpha value is -0.960. The molecule has 88 valence electrons. The molecule has 16 heavy (non-hydrogen) atoms. The van der Waals surface area contributed by atoms with Crippen LogP contribution in [0, 0.1) is 5.82 Å². The standard InChI is InChI=1S/C13H19FN2/c1-2-16-13-5-3-4-10(7-13)11-6-12(14)9-15-8-11/h6,8-10,13,16H,2-5,7H2,1H3. The Morgan fingerprint density at radius 3 is 3.06 bits per heavy atom. The number of aromatic nitrogens is 1. The topological polar surface area (TPSA) is 24.9 Å². The normalized spacial score (nSPS) is 25.6. The molecule has 1 aromatic heterocycles. The molecular formula is C13H19FN2. The minimum absolute atomic E-state index is 0.219. The maximum atomic E-state index is 13.1. The molecule has 1 aliphatic carbocycles. The van der Waals surface area contributed by atoms with E-state index in [0.717, 1.165) is 24.9 Å². The zero-order valence-electron chi connectivity index (χ0n) is 9.75. The molecule has 0 radical (unpaired) electrons. The van der Waals surface area contributed by atoms with Gasteiger partial charge >= 0.3 is 0 Å². The Labute approximate surface area is 96.3 Å². The van der Waals surface area contributed by atoms with Crippen LogP contribution in [-0.4, -0.2) is 17.6 Å². The van der Waals surface area contributed by atoms with Gasteiger partial charge in [-0.15, -0.1) is 0 Å². The highest BCUT2D eigenvalue weighted by atomic mass is 19.1. The fourth-order valence-electron chi connectivity index (χ4n) is 2.62. The molecule has 0 aromatic carbocycles. The first-order valence-corrected chi connectivity index (χ1v) is 6.13. The van der Waals surface area contributed by atoms with Crippen molar-refractivity contribution in [1.82, 2.24) is 10.3 Å². The van der Waals surface area contributed by atoms with E-state index >= 15 is 0 Å². The van der Waals surface area contributed by atoms with Crippen molar-refractivity contribution in [2.24, 2.45) is 0 Å². The Morgan fingerprint density at radius 1 is 1.44 bits per heavy atom. The summed E-state index contributed by atoms with van der Waals surface area (Å²) in [6.45, 7) is 3.14. The van der Waals surface area contributed by atoms with E-state index in [0.29, 0.717) is 12.0 Å². The number of hydrogen-bond acceptors (Lipinski definition) is 2. The molecule has 2 nitrogen and oxygen atoms in total. The zero-order chi connectivity index (χ0) is 11.4. The van der Waals surface area contributed by atoms with E-state index in [4.69, 9.17) is 0 Å². The smallest absolute Gasteiger partial charge is 0.141 e. The molecule has 1 aromatic rings. The summed E-state index contributed by atoms with van der Waals surface area (Å²) in [4.78, 5) is 3.94. The van der Waals surface area contributed by atoms with Crippen LogP contribution in [0.5, 0.6) is 0 Å². The molecule has 1 heterocycles. The largest absolute Gasteiger partial charge is 0.314 e. The van der Waals surface area contributed by atoms with E-state index in [9.17, 15) is 4.39 Å². The third-order valence-corrected chi connectivity index (χ3v) is 3.36. The fourth-order valence-corrected chi connectivity index (χ4v) is 2.62. The van der Waals surface area contributed by atoms with Gasteiger partial charge in [0.25, 0.3) is 0 Å². The summed E-state index contributed by atoms with van der Waals surface area (Å²) in [5.74, 6) is 0.254. The van der Waals surface area contributed by atoms with Gasteiger partial charge in [0.2, 0.25) is 0 Å². The van der Waals surface area contributed by atoms with Gasteiger partial charge in [-0.1, -0.05) is 13.3 Å². The summed E-state index contributed by atoms with van der Waals surface area (Å²) < 4.78 is 13.1. The van der Waals surface area contributed by atoms with E-state index in [-0.39, 0.29) is 5.82 Å². The lowest BCUT2D eigenvalue weighted by atomic mass is 9.82. The quantitative estimate of drug-likeness (QED) is 0.850. The van der Waals surface area contributed by atoms with Gasteiger partial charge in [-0.05, 0) is 43.4 Å². The molecule has 2 rings (SSSR count). The molecule has 1 N–H and O–H groups in total. The van der Waals surface area contributed by atoms with Crippen molar-refractivity contribution < 1.29 is 4.39 Å². The van der Waals surface area contributed by atoms with Crippen LogP contribution in [0.4, 0.5) is 4.39 Å². The SMILES string of the molecule is CCNC1CCCC(c2cncc(F)c2)C1. The summed E-state index contributed by atoms with van der Waals surface area (Å²) in [5.41, 5.74) is 1.06. The second-order valence-corrected chi connectivity index (χ2v) is 4.55. The van der Waals surface area contributed by atoms with Crippen molar-refractivity contribution >= 4 is 0 Å². The first-order valence-electron chi connectivity index (χ1n) is 6.13. The average molecular weight is 222 g/mol. The molecule has 0 saturated heterocycles. The van der Waals surface area contributed by atoms with E-state index in [1.54, 1.807) is 6.07 Å². The lowest BCUT2D eigenvalue weighted by Crippen LogP contribution is -2.33. The molecule has 0 aliphatic heterocycles. The molecule has 1 fully saturated rings. The maximum Gasteiger partial charge on any atom is 0.141 e. The summed E-state index contributed by atoms with van der Waals surface area (Å²) in [5, 5.41) is 3.48. The zero-order valence-corrected chi connectivity index (χ0v) is 9.75. The highest BCUT2D eigenvalue weighted by Gasteiger charge is 2.22. The average Bonchev–Trinajstić information content (AvgIpc) is 2.30. The first kappa shape index (κ1) is 11.5. The molecular weight excluding hydrogens is 203 g/mol. The van der Waals surface area contributed by atoms with Gasteiger partial charge in [-0.25, -0.2) is 4.39 Å². The van der Waals surface area contributed by atoms with Crippen LogP contribution in [0.1, 0.15) is 44.1 Å². The van der Waals surface area contributed by atoms with Crippen LogP contribution < -0.4 is 5.32 Å². The number of nitrogens with zero attached hydrogens (tertiary/aromatic N) is 1. The van der Waals surface area contributed by atoms with Crippen molar-refractivity contribution in [3.8, 4) is 0 Å². The third kappa shape index (κ3) is 2.79. The Bertz CT molecular complexity index is 338. The molecule has 0 amide bonds. The number of halogens is 1. The van der Waals surface area contributed by atoms with Gasteiger partial charge in [0.1, 0.15) is 5.82 Å². The van der Waals surface area contributed by atoms with E-state index in [1.165, 1.54) is 19.0 Å². The minimum Gasteiger partial charge on any atom is -0.314 e. The van der Waals surface area contributed by atoms with Gasteiger partial charge < -0.3 is 5.32 Å². The molecule has 2 atom stereocenters. The van der Waals surface area contributed by atoms with Crippen LogP contribution in [0.3, 0.4) is 0 Å². The third-order valence-electron chi connectivity index (χ3n) is 3.36. The lowest BCUT2D eigenvalue weighted by molar-refractivity contribution is 0.343. The second kappa shape index (κ2) is 5.39. The van der Waals surface area contributed by atoms with Gasteiger partial charge in [0.15, 0.2) is 0 Å². The van der Waals surface area contributed by atoms with Crippen molar-refractivity contribution in [2.75, 3.05) is 6.54 Å². The first-order chi connectivity index (χ1) is 7.79. The van der Waals surface area contributed by atoms with Gasteiger partial charge in [0.05, 0.1) is 6.20 Å². The van der Waals surface area contributed by atoms with E-state index in [1.807, 2.05) is 6.20 Å². The summed E-state index contributed by atoms with van der Waals surface area (Å²) in [6, 6.07) is 2.22. The van der Waals surface area contributed by atoms with Crippen LogP contribution in [0.25, 0.3) is 0 Å². The Kier molecular flexibility index (Phi) is 3.88. The lowest BCUT2D eigenvalue weighted by Gasteiger charge is -2.29. The van der Waals surface area contributed by atoms with E-state index in [2.05, 4.69) is 17.2 Å². The number of rotatable bonds is 3. The summed E-state index contributed by atoms with van der Waals surface area (Å²) >= 11 is 0.